The molecular formula is C6H12O2. The van der Waals surface area contributed by atoms with Crippen LogP contribution in [0.25, 0.3) is 0 Å². The fraction of sp³-hybridized carbons (Fsp3) is 1.00. The van der Waals surface area contributed by atoms with Crippen molar-refractivity contribution in [2.45, 2.75) is 32.0 Å². The molecular weight excluding hydrogens is 104 g/mol. The van der Waals surface area contributed by atoms with E-state index in [1.807, 2.05) is 6.92 Å². The van der Waals surface area contributed by atoms with Gasteiger partial charge in [-0.2, -0.15) is 0 Å². The summed E-state index contributed by atoms with van der Waals surface area (Å²) in [4.78, 5) is 0. The summed E-state index contributed by atoms with van der Waals surface area (Å²) in [5.74, 6) is 0. The summed E-state index contributed by atoms with van der Waals surface area (Å²) < 4.78 is 5.16. The van der Waals surface area contributed by atoms with Gasteiger partial charge in [0.2, 0.25) is 0 Å². The van der Waals surface area contributed by atoms with Gasteiger partial charge < -0.3 is 9.84 Å². The minimum Gasteiger partial charge on any atom is -0.390 e. The highest BCUT2D eigenvalue weighted by Gasteiger charge is 2.23. The van der Waals surface area contributed by atoms with Gasteiger partial charge in [-0.1, -0.05) is 6.92 Å². The lowest BCUT2D eigenvalue weighted by Crippen LogP contribution is -2.18. The SMILES string of the molecule is CC[C@H]1OCCC1O. The lowest BCUT2D eigenvalue weighted by atomic mass is 10.1. The number of aliphatic hydroxyl groups is 1. The van der Waals surface area contributed by atoms with Gasteiger partial charge in [-0.15, -0.1) is 0 Å². The quantitative estimate of drug-likeness (QED) is 0.542. The second kappa shape index (κ2) is 2.46. The van der Waals surface area contributed by atoms with Crippen molar-refractivity contribution in [2.24, 2.45) is 0 Å². The van der Waals surface area contributed by atoms with Crippen molar-refractivity contribution >= 4 is 0 Å². The van der Waals surface area contributed by atoms with Crippen molar-refractivity contribution in [3.05, 3.63) is 0 Å². The minimum atomic E-state index is -0.194. The van der Waals surface area contributed by atoms with E-state index in [2.05, 4.69) is 0 Å². The van der Waals surface area contributed by atoms with Crippen LogP contribution >= 0.6 is 0 Å². The summed E-state index contributed by atoms with van der Waals surface area (Å²) in [5, 5.41) is 9.06. The largest absolute Gasteiger partial charge is 0.390 e. The van der Waals surface area contributed by atoms with Gasteiger partial charge in [-0.05, 0) is 12.8 Å². The molecule has 2 nitrogen and oxygen atoms in total. The third-order valence-corrected chi connectivity index (χ3v) is 1.58. The molecule has 0 aliphatic carbocycles. The molecule has 0 aromatic carbocycles. The molecule has 0 aromatic heterocycles. The van der Waals surface area contributed by atoms with E-state index < -0.39 is 0 Å². The molecule has 1 N–H and O–H groups in total. The van der Waals surface area contributed by atoms with E-state index in [-0.39, 0.29) is 12.2 Å². The van der Waals surface area contributed by atoms with Crippen LogP contribution in [0.5, 0.6) is 0 Å². The van der Waals surface area contributed by atoms with E-state index in [1.165, 1.54) is 0 Å². The summed E-state index contributed by atoms with van der Waals surface area (Å²) in [6.45, 7) is 2.76. The van der Waals surface area contributed by atoms with Crippen LogP contribution in [0.1, 0.15) is 19.8 Å². The Morgan fingerprint density at radius 3 is 2.75 bits per heavy atom. The molecule has 0 radical (unpaired) electrons. The van der Waals surface area contributed by atoms with Crippen LogP contribution in [-0.4, -0.2) is 23.9 Å². The Morgan fingerprint density at radius 2 is 2.50 bits per heavy atom. The Kier molecular flexibility index (Phi) is 1.86. The predicted octanol–water partition coefficient (Wildman–Crippen LogP) is 0.546. The average molecular weight is 116 g/mol. The molecule has 1 aliphatic rings. The molecule has 1 rings (SSSR count). The first-order chi connectivity index (χ1) is 3.84. The lowest BCUT2D eigenvalue weighted by Gasteiger charge is -2.08. The second-order valence-electron chi connectivity index (χ2n) is 2.17. The highest BCUT2D eigenvalue weighted by Crippen LogP contribution is 2.15. The highest BCUT2D eigenvalue weighted by atomic mass is 16.5. The Bertz CT molecular complexity index is 72.9. The maximum Gasteiger partial charge on any atom is 0.0832 e. The van der Waals surface area contributed by atoms with E-state index in [1.54, 1.807) is 0 Å². The molecule has 2 atom stereocenters. The van der Waals surface area contributed by atoms with Crippen LogP contribution < -0.4 is 0 Å². The van der Waals surface area contributed by atoms with Gasteiger partial charge in [-0.3, -0.25) is 0 Å². The maximum absolute atomic E-state index is 9.06. The Hall–Kier alpha value is -0.0800. The molecule has 2 heteroatoms. The zero-order chi connectivity index (χ0) is 5.98. The van der Waals surface area contributed by atoms with Gasteiger partial charge in [0.15, 0.2) is 0 Å². The number of hydrogen-bond donors (Lipinski definition) is 1. The number of ether oxygens (including phenoxy) is 1. The van der Waals surface area contributed by atoms with Crippen LogP contribution in [0.15, 0.2) is 0 Å². The van der Waals surface area contributed by atoms with E-state index in [0.717, 1.165) is 19.4 Å². The molecule has 0 amide bonds. The third-order valence-electron chi connectivity index (χ3n) is 1.58. The molecule has 1 unspecified atom stereocenters. The first-order valence-electron chi connectivity index (χ1n) is 3.14. The maximum atomic E-state index is 9.06. The van der Waals surface area contributed by atoms with Crippen LogP contribution in [0, 0.1) is 0 Å². The first kappa shape index (κ1) is 6.05. The van der Waals surface area contributed by atoms with E-state index in [0.29, 0.717) is 0 Å². The summed E-state index contributed by atoms with van der Waals surface area (Å²) >= 11 is 0. The normalized spacial score (nSPS) is 38.2. The van der Waals surface area contributed by atoms with Crippen molar-refractivity contribution < 1.29 is 9.84 Å². The van der Waals surface area contributed by atoms with Gasteiger partial charge in [0.25, 0.3) is 0 Å². The molecule has 48 valence electrons. The molecule has 0 bridgehead atoms. The second-order valence-corrected chi connectivity index (χ2v) is 2.17. The zero-order valence-electron chi connectivity index (χ0n) is 5.13. The summed E-state index contributed by atoms with van der Waals surface area (Å²) in [7, 11) is 0. The van der Waals surface area contributed by atoms with Gasteiger partial charge in [0.1, 0.15) is 0 Å². The molecule has 0 aromatic rings. The smallest absolute Gasteiger partial charge is 0.0832 e. The van der Waals surface area contributed by atoms with Crippen molar-refractivity contribution in [2.75, 3.05) is 6.61 Å². The third kappa shape index (κ3) is 1.01. The van der Waals surface area contributed by atoms with Crippen molar-refractivity contribution in [1.29, 1.82) is 0 Å². The molecule has 0 spiro atoms. The van der Waals surface area contributed by atoms with Gasteiger partial charge in [-0.25, -0.2) is 0 Å². The van der Waals surface area contributed by atoms with E-state index >= 15 is 0 Å². The Labute approximate surface area is 49.5 Å². The van der Waals surface area contributed by atoms with E-state index in [9.17, 15) is 0 Å². The monoisotopic (exact) mass is 116 g/mol. The van der Waals surface area contributed by atoms with E-state index in [4.69, 9.17) is 9.84 Å². The minimum absolute atomic E-state index is 0.120. The van der Waals surface area contributed by atoms with Crippen LogP contribution in [0.4, 0.5) is 0 Å². The first-order valence-corrected chi connectivity index (χ1v) is 3.14. The standard InChI is InChI=1S/C6H12O2/c1-2-6-5(7)3-4-8-6/h5-7H,2-4H2,1H3/t5?,6-/m1/s1. The van der Waals surface area contributed by atoms with Crippen molar-refractivity contribution in [3.8, 4) is 0 Å². The van der Waals surface area contributed by atoms with Gasteiger partial charge in [0, 0.05) is 6.61 Å². The zero-order valence-corrected chi connectivity index (χ0v) is 5.13. The van der Waals surface area contributed by atoms with Crippen molar-refractivity contribution in [3.63, 3.8) is 0 Å². The molecule has 1 fully saturated rings. The fourth-order valence-electron chi connectivity index (χ4n) is 1.03. The van der Waals surface area contributed by atoms with Crippen LogP contribution in [0.3, 0.4) is 0 Å². The molecule has 1 aliphatic heterocycles. The number of rotatable bonds is 1. The predicted molar refractivity (Wildman–Crippen MR) is 30.7 cm³/mol. The number of aliphatic hydroxyl groups excluding tert-OH is 1. The topological polar surface area (TPSA) is 29.5 Å². The molecule has 8 heavy (non-hydrogen) atoms. The molecule has 0 saturated carbocycles. The number of hydrogen-bond acceptors (Lipinski definition) is 2. The fourth-order valence-corrected chi connectivity index (χ4v) is 1.03. The van der Waals surface area contributed by atoms with Crippen LogP contribution in [0.2, 0.25) is 0 Å². The average Bonchev–Trinajstić information content (AvgIpc) is 2.14. The molecule has 1 heterocycles. The molecule has 1 saturated heterocycles. The summed E-state index contributed by atoms with van der Waals surface area (Å²) in [5.41, 5.74) is 0. The van der Waals surface area contributed by atoms with Gasteiger partial charge >= 0.3 is 0 Å². The van der Waals surface area contributed by atoms with Crippen molar-refractivity contribution in [1.82, 2.24) is 0 Å². The Morgan fingerprint density at radius 1 is 1.75 bits per heavy atom. The Balaban J connectivity index is 2.30. The van der Waals surface area contributed by atoms with Gasteiger partial charge in [0.05, 0.1) is 12.2 Å². The lowest BCUT2D eigenvalue weighted by molar-refractivity contribution is 0.0402. The summed E-state index contributed by atoms with van der Waals surface area (Å²) in [6, 6.07) is 0. The highest BCUT2D eigenvalue weighted by molar-refractivity contribution is 4.72. The van der Waals surface area contributed by atoms with Crippen LogP contribution in [-0.2, 0) is 4.74 Å². The summed E-state index contributed by atoms with van der Waals surface area (Å²) in [6.07, 6.45) is 1.68.